The minimum absolute atomic E-state index is 0.0509. The lowest BCUT2D eigenvalue weighted by Crippen LogP contribution is -2.59. The normalized spacial score (nSPS) is 19.4. The smallest absolute Gasteiger partial charge is 0.244 e. The molecular weight excluding hydrogens is 246 g/mol. The molecular formula is C13H27N3O3. The molecule has 1 saturated heterocycles. The van der Waals surface area contributed by atoms with E-state index in [9.17, 15) is 9.59 Å². The monoisotopic (exact) mass is 273 g/mol. The van der Waals surface area contributed by atoms with Crippen LogP contribution in [0, 0.1) is 0 Å². The number of piperazine rings is 1. The summed E-state index contributed by atoms with van der Waals surface area (Å²) in [6.45, 7) is 8.45. The number of amides is 2. The van der Waals surface area contributed by atoms with E-state index in [4.69, 9.17) is 4.74 Å². The highest BCUT2D eigenvalue weighted by atomic mass is 16.5. The molecule has 0 aromatic carbocycles. The molecule has 0 aromatic rings. The van der Waals surface area contributed by atoms with Crippen LogP contribution in [0.4, 0.5) is 0 Å². The number of likely N-dealkylation sites (N-methyl/N-ethyl adjacent to an activating group) is 1. The molecule has 19 heavy (non-hydrogen) atoms. The Labute approximate surface area is 116 Å². The molecule has 1 heterocycles. The van der Waals surface area contributed by atoms with Crippen LogP contribution in [-0.4, -0.2) is 74.6 Å². The maximum atomic E-state index is 11.9. The fourth-order valence-corrected chi connectivity index (χ4v) is 1.91. The summed E-state index contributed by atoms with van der Waals surface area (Å²) in [6.07, 6.45) is 0. The largest absolute Gasteiger partial charge is 0.383 e. The standard InChI is InChI=1S/C11H21N3O3.C2H6/c1-9(15)14-6-5-13(2)8-10(14)11(16)12-4-7-17-3;1-2/h10H,4-8H2,1-3H3,(H,12,16);1-2H3. The Morgan fingerprint density at radius 3 is 2.47 bits per heavy atom. The van der Waals surface area contributed by atoms with Crippen molar-refractivity contribution in [1.82, 2.24) is 15.1 Å². The molecule has 1 unspecified atom stereocenters. The number of nitrogens with one attached hydrogen (secondary N) is 1. The van der Waals surface area contributed by atoms with Gasteiger partial charge in [0.15, 0.2) is 0 Å². The lowest BCUT2D eigenvalue weighted by atomic mass is 10.1. The van der Waals surface area contributed by atoms with Crippen LogP contribution in [0.1, 0.15) is 20.8 Å². The van der Waals surface area contributed by atoms with Gasteiger partial charge in [-0.1, -0.05) is 13.8 Å². The molecule has 0 aliphatic carbocycles. The second-order valence-electron chi connectivity index (χ2n) is 4.27. The SMILES string of the molecule is CC.COCCNC(=O)C1CN(C)CCN1C(C)=O. The van der Waals surface area contributed by atoms with Crippen molar-refractivity contribution >= 4 is 11.8 Å². The van der Waals surface area contributed by atoms with E-state index in [1.165, 1.54) is 6.92 Å². The summed E-state index contributed by atoms with van der Waals surface area (Å²) >= 11 is 0. The van der Waals surface area contributed by atoms with Crippen molar-refractivity contribution in [2.24, 2.45) is 0 Å². The average molecular weight is 273 g/mol. The van der Waals surface area contributed by atoms with Crippen LogP contribution in [-0.2, 0) is 14.3 Å². The van der Waals surface area contributed by atoms with Crippen molar-refractivity contribution in [2.75, 3.05) is 46.9 Å². The summed E-state index contributed by atoms with van der Waals surface area (Å²) in [4.78, 5) is 27.1. The van der Waals surface area contributed by atoms with Gasteiger partial charge < -0.3 is 19.9 Å². The van der Waals surface area contributed by atoms with Gasteiger partial charge in [0.1, 0.15) is 6.04 Å². The number of hydrogen-bond acceptors (Lipinski definition) is 4. The van der Waals surface area contributed by atoms with Crippen LogP contribution in [0.25, 0.3) is 0 Å². The van der Waals surface area contributed by atoms with Crippen LogP contribution in [0.5, 0.6) is 0 Å². The van der Waals surface area contributed by atoms with Gasteiger partial charge in [0.25, 0.3) is 0 Å². The van der Waals surface area contributed by atoms with Crippen LogP contribution in [0.3, 0.4) is 0 Å². The number of rotatable bonds is 4. The lowest BCUT2D eigenvalue weighted by Gasteiger charge is -2.38. The molecule has 1 fully saturated rings. The summed E-state index contributed by atoms with van der Waals surface area (Å²) < 4.78 is 4.87. The zero-order valence-corrected chi connectivity index (χ0v) is 12.7. The number of ether oxygens (including phenoxy) is 1. The van der Waals surface area contributed by atoms with Gasteiger partial charge in [-0.05, 0) is 7.05 Å². The van der Waals surface area contributed by atoms with Crippen molar-refractivity contribution in [3.05, 3.63) is 0 Å². The van der Waals surface area contributed by atoms with Crippen molar-refractivity contribution in [3.8, 4) is 0 Å². The minimum Gasteiger partial charge on any atom is -0.383 e. The first-order chi connectivity index (χ1) is 9.06. The van der Waals surface area contributed by atoms with Gasteiger partial charge in [-0.2, -0.15) is 0 Å². The topological polar surface area (TPSA) is 61.9 Å². The van der Waals surface area contributed by atoms with Gasteiger partial charge in [-0.15, -0.1) is 0 Å². The Hall–Kier alpha value is -1.14. The number of carbonyl (C=O) groups excluding carboxylic acids is 2. The molecule has 0 aromatic heterocycles. The first kappa shape index (κ1) is 17.9. The highest BCUT2D eigenvalue weighted by Gasteiger charge is 2.32. The molecule has 0 spiro atoms. The predicted molar refractivity (Wildman–Crippen MR) is 74.9 cm³/mol. The molecule has 1 N–H and O–H groups in total. The summed E-state index contributed by atoms with van der Waals surface area (Å²) in [5, 5.41) is 2.77. The van der Waals surface area contributed by atoms with Gasteiger partial charge in [-0.3, -0.25) is 9.59 Å². The summed E-state index contributed by atoms with van der Waals surface area (Å²) in [5.74, 6) is -0.159. The fourth-order valence-electron chi connectivity index (χ4n) is 1.91. The van der Waals surface area contributed by atoms with E-state index in [0.29, 0.717) is 26.2 Å². The van der Waals surface area contributed by atoms with Gasteiger partial charge in [0.2, 0.25) is 11.8 Å². The second-order valence-corrected chi connectivity index (χ2v) is 4.27. The Bertz CT molecular complexity index is 284. The van der Waals surface area contributed by atoms with E-state index in [0.717, 1.165) is 6.54 Å². The van der Waals surface area contributed by atoms with E-state index in [2.05, 4.69) is 10.2 Å². The molecule has 0 saturated carbocycles. The number of nitrogens with zero attached hydrogens (tertiary/aromatic N) is 2. The van der Waals surface area contributed by atoms with Crippen molar-refractivity contribution in [2.45, 2.75) is 26.8 Å². The first-order valence-corrected chi connectivity index (χ1v) is 6.78. The molecule has 0 bridgehead atoms. The van der Waals surface area contributed by atoms with Gasteiger partial charge in [-0.25, -0.2) is 0 Å². The zero-order valence-electron chi connectivity index (χ0n) is 12.7. The molecule has 1 aliphatic rings. The summed E-state index contributed by atoms with van der Waals surface area (Å²) in [5.41, 5.74) is 0. The third-order valence-electron chi connectivity index (χ3n) is 2.90. The molecule has 1 rings (SSSR count). The van der Waals surface area contributed by atoms with Gasteiger partial charge >= 0.3 is 0 Å². The van der Waals surface area contributed by atoms with E-state index in [1.54, 1.807) is 12.0 Å². The Kier molecular flexibility index (Phi) is 9.16. The first-order valence-electron chi connectivity index (χ1n) is 6.78. The van der Waals surface area contributed by atoms with Crippen LogP contribution >= 0.6 is 0 Å². The molecule has 112 valence electrons. The third-order valence-corrected chi connectivity index (χ3v) is 2.90. The lowest BCUT2D eigenvalue weighted by molar-refractivity contribution is -0.142. The number of methoxy groups -OCH3 is 1. The quantitative estimate of drug-likeness (QED) is 0.729. The van der Waals surface area contributed by atoms with Crippen molar-refractivity contribution in [3.63, 3.8) is 0 Å². The average Bonchev–Trinajstić information content (AvgIpc) is 2.40. The van der Waals surface area contributed by atoms with Crippen LogP contribution in [0.15, 0.2) is 0 Å². The third kappa shape index (κ3) is 6.02. The maximum Gasteiger partial charge on any atom is 0.244 e. The zero-order chi connectivity index (χ0) is 14.8. The van der Waals surface area contributed by atoms with Gasteiger partial charge in [0, 0.05) is 40.2 Å². The van der Waals surface area contributed by atoms with E-state index in [-0.39, 0.29) is 17.9 Å². The van der Waals surface area contributed by atoms with E-state index < -0.39 is 0 Å². The number of hydrogen-bond donors (Lipinski definition) is 1. The number of carbonyl (C=O) groups is 2. The molecule has 2 amide bonds. The summed E-state index contributed by atoms with van der Waals surface area (Å²) in [6, 6.07) is -0.386. The highest BCUT2D eigenvalue weighted by Crippen LogP contribution is 2.08. The van der Waals surface area contributed by atoms with Crippen molar-refractivity contribution in [1.29, 1.82) is 0 Å². The van der Waals surface area contributed by atoms with Crippen LogP contribution in [0.2, 0.25) is 0 Å². The van der Waals surface area contributed by atoms with E-state index >= 15 is 0 Å². The maximum absolute atomic E-state index is 11.9. The second kappa shape index (κ2) is 9.75. The van der Waals surface area contributed by atoms with Crippen LogP contribution < -0.4 is 5.32 Å². The Morgan fingerprint density at radius 1 is 1.32 bits per heavy atom. The fraction of sp³-hybridized carbons (Fsp3) is 0.846. The molecule has 0 radical (unpaired) electrons. The highest BCUT2D eigenvalue weighted by molar-refractivity contribution is 5.87. The molecule has 6 heteroatoms. The molecule has 1 atom stereocenters. The van der Waals surface area contributed by atoms with E-state index in [1.807, 2.05) is 20.9 Å². The van der Waals surface area contributed by atoms with Crippen molar-refractivity contribution < 1.29 is 14.3 Å². The minimum atomic E-state index is -0.386. The molecule has 1 aliphatic heterocycles. The molecule has 6 nitrogen and oxygen atoms in total. The predicted octanol–water partition coefficient (Wildman–Crippen LogP) is -0.0623. The Balaban J connectivity index is 0.00000154. The summed E-state index contributed by atoms with van der Waals surface area (Å²) in [7, 11) is 3.54. The Morgan fingerprint density at radius 2 is 1.95 bits per heavy atom. The van der Waals surface area contributed by atoms with Gasteiger partial charge in [0.05, 0.1) is 6.61 Å².